The van der Waals surface area contributed by atoms with E-state index in [4.69, 9.17) is 4.74 Å². The molecule has 3 rings (SSSR count). The molecule has 1 aromatic carbocycles. The predicted octanol–water partition coefficient (Wildman–Crippen LogP) is 2.51. The lowest BCUT2D eigenvalue weighted by molar-refractivity contribution is -0.138. The first-order chi connectivity index (χ1) is 11.6. The molecular weight excluding hydrogens is 304 g/mol. The Morgan fingerprint density at radius 2 is 1.83 bits per heavy atom. The van der Waals surface area contributed by atoms with E-state index in [1.807, 2.05) is 12.1 Å². The predicted molar refractivity (Wildman–Crippen MR) is 93.7 cm³/mol. The number of rotatable bonds is 4. The monoisotopic (exact) mass is 328 g/mol. The van der Waals surface area contributed by atoms with Gasteiger partial charge in [0.05, 0.1) is 12.1 Å². The van der Waals surface area contributed by atoms with E-state index in [1.165, 1.54) is 38.3 Å². The van der Waals surface area contributed by atoms with Gasteiger partial charge >= 0.3 is 5.97 Å². The van der Waals surface area contributed by atoms with Gasteiger partial charge < -0.3 is 15.0 Å². The summed E-state index contributed by atoms with van der Waals surface area (Å²) >= 11 is 0. The van der Waals surface area contributed by atoms with Gasteiger partial charge in [0, 0.05) is 25.7 Å². The molecule has 5 heteroatoms. The molecule has 1 aromatic rings. The highest BCUT2D eigenvalue weighted by atomic mass is 16.5. The van der Waals surface area contributed by atoms with Crippen LogP contribution in [0.1, 0.15) is 38.2 Å². The Kier molecular flexibility index (Phi) is 5.18. The smallest absolute Gasteiger partial charge is 0.339 e. The summed E-state index contributed by atoms with van der Waals surface area (Å²) in [4.78, 5) is 25.4. The van der Waals surface area contributed by atoms with Crippen LogP contribution in [0.4, 0.5) is 5.69 Å². The summed E-state index contributed by atoms with van der Waals surface area (Å²) in [6.07, 6.45) is 6.50. The molecular formula is C19H24N2O3. The van der Waals surface area contributed by atoms with Crippen molar-refractivity contribution in [1.82, 2.24) is 5.32 Å². The van der Waals surface area contributed by atoms with Crippen LogP contribution in [0.25, 0.3) is 5.57 Å². The summed E-state index contributed by atoms with van der Waals surface area (Å²) in [7, 11) is 0. The molecule has 128 valence electrons. The number of carbonyl (C=O) groups excluding carboxylic acids is 2. The van der Waals surface area contributed by atoms with Crippen LogP contribution in [0.15, 0.2) is 30.3 Å². The van der Waals surface area contributed by atoms with E-state index in [0.29, 0.717) is 12.1 Å². The lowest BCUT2D eigenvalue weighted by Gasteiger charge is -2.22. The summed E-state index contributed by atoms with van der Waals surface area (Å²) in [5.41, 5.74) is 2.65. The highest BCUT2D eigenvalue weighted by Gasteiger charge is 2.26. The molecule has 1 fully saturated rings. The number of benzene rings is 1. The number of hydrogen-bond donors (Lipinski definition) is 1. The zero-order valence-electron chi connectivity index (χ0n) is 14.1. The molecule has 2 heterocycles. The lowest BCUT2D eigenvalue weighted by atomic mass is 10.1. The molecule has 0 bridgehead atoms. The third kappa shape index (κ3) is 3.96. The molecule has 24 heavy (non-hydrogen) atoms. The molecule has 1 N–H and O–H groups in total. The van der Waals surface area contributed by atoms with Crippen LogP contribution in [0.3, 0.4) is 0 Å². The van der Waals surface area contributed by atoms with E-state index < -0.39 is 0 Å². The highest BCUT2D eigenvalue weighted by Crippen LogP contribution is 2.27. The lowest BCUT2D eigenvalue weighted by Crippen LogP contribution is -2.29. The van der Waals surface area contributed by atoms with Crippen LogP contribution < -0.4 is 10.2 Å². The van der Waals surface area contributed by atoms with Gasteiger partial charge in [-0.15, -0.1) is 0 Å². The second-order valence-electron chi connectivity index (χ2n) is 6.41. The van der Waals surface area contributed by atoms with Gasteiger partial charge in [-0.1, -0.05) is 25.0 Å². The van der Waals surface area contributed by atoms with E-state index in [-0.39, 0.29) is 18.0 Å². The summed E-state index contributed by atoms with van der Waals surface area (Å²) in [5.74, 6) is -0.456. The molecule has 1 atom stereocenters. The Morgan fingerprint density at radius 1 is 1.17 bits per heavy atom. The first-order valence-electron chi connectivity index (χ1n) is 8.66. The van der Waals surface area contributed by atoms with Crippen molar-refractivity contribution in [3.63, 3.8) is 0 Å². The van der Waals surface area contributed by atoms with E-state index in [9.17, 15) is 9.59 Å². The van der Waals surface area contributed by atoms with Gasteiger partial charge in [0.2, 0.25) is 5.91 Å². The molecule has 0 aromatic heterocycles. The summed E-state index contributed by atoms with van der Waals surface area (Å²) < 4.78 is 5.29. The Bertz CT molecular complexity index is 629. The van der Waals surface area contributed by atoms with E-state index in [0.717, 1.165) is 18.7 Å². The number of esters is 1. The average Bonchev–Trinajstić information content (AvgIpc) is 2.77. The van der Waals surface area contributed by atoms with Gasteiger partial charge in [0.15, 0.2) is 0 Å². The molecule has 1 saturated heterocycles. The SMILES string of the molecule is CC(=O)NCC1C=C(c2ccc(N3CCCCCC3)cc2)C(=O)O1. The minimum absolute atomic E-state index is 0.130. The maximum atomic E-state index is 12.0. The Labute approximate surface area is 142 Å². The van der Waals surface area contributed by atoms with Gasteiger partial charge in [-0.3, -0.25) is 4.79 Å². The fourth-order valence-electron chi connectivity index (χ4n) is 3.23. The third-order valence-corrected chi connectivity index (χ3v) is 4.53. The third-order valence-electron chi connectivity index (χ3n) is 4.53. The molecule has 1 amide bonds. The van der Waals surface area contributed by atoms with Gasteiger partial charge in [0.25, 0.3) is 0 Å². The van der Waals surface area contributed by atoms with Gasteiger partial charge in [0.1, 0.15) is 6.10 Å². The summed E-state index contributed by atoms with van der Waals surface area (Å²) in [6, 6.07) is 8.12. The molecule has 1 unspecified atom stereocenters. The van der Waals surface area contributed by atoms with Crippen molar-refractivity contribution in [3.8, 4) is 0 Å². The minimum Gasteiger partial charge on any atom is -0.453 e. The van der Waals surface area contributed by atoms with Crippen molar-refractivity contribution in [2.24, 2.45) is 0 Å². The van der Waals surface area contributed by atoms with E-state index >= 15 is 0 Å². The summed E-state index contributed by atoms with van der Waals surface area (Å²) in [5, 5.41) is 2.67. The minimum atomic E-state index is -0.387. The largest absolute Gasteiger partial charge is 0.453 e. The van der Waals surface area contributed by atoms with E-state index in [2.05, 4.69) is 22.3 Å². The Balaban J connectivity index is 1.69. The number of anilines is 1. The Hall–Kier alpha value is -2.30. The van der Waals surface area contributed by atoms with Crippen LogP contribution in [-0.2, 0) is 14.3 Å². The van der Waals surface area contributed by atoms with Crippen molar-refractivity contribution >= 4 is 23.1 Å². The number of nitrogens with one attached hydrogen (secondary N) is 1. The van der Waals surface area contributed by atoms with E-state index in [1.54, 1.807) is 6.08 Å². The molecule has 5 nitrogen and oxygen atoms in total. The maximum Gasteiger partial charge on any atom is 0.339 e. The first-order valence-corrected chi connectivity index (χ1v) is 8.66. The van der Waals surface area contributed by atoms with Crippen molar-refractivity contribution in [2.75, 3.05) is 24.5 Å². The number of amides is 1. The zero-order valence-corrected chi connectivity index (χ0v) is 14.1. The molecule has 0 radical (unpaired) electrons. The fraction of sp³-hybridized carbons (Fsp3) is 0.474. The van der Waals surface area contributed by atoms with Crippen molar-refractivity contribution in [3.05, 3.63) is 35.9 Å². The van der Waals surface area contributed by atoms with Crippen molar-refractivity contribution in [1.29, 1.82) is 0 Å². The summed E-state index contributed by atoms with van der Waals surface area (Å²) in [6.45, 7) is 3.96. The van der Waals surface area contributed by atoms with Crippen LogP contribution in [0.5, 0.6) is 0 Å². The van der Waals surface area contributed by atoms with Crippen LogP contribution >= 0.6 is 0 Å². The molecule has 0 saturated carbocycles. The maximum absolute atomic E-state index is 12.0. The van der Waals surface area contributed by atoms with Gasteiger partial charge in [-0.25, -0.2) is 4.79 Å². The van der Waals surface area contributed by atoms with Gasteiger partial charge in [-0.2, -0.15) is 0 Å². The average molecular weight is 328 g/mol. The normalized spacial score (nSPS) is 21.0. The quantitative estimate of drug-likeness (QED) is 0.863. The molecule has 0 aliphatic carbocycles. The molecule has 2 aliphatic rings. The zero-order chi connectivity index (χ0) is 16.9. The second kappa shape index (κ2) is 7.51. The fourth-order valence-corrected chi connectivity index (χ4v) is 3.23. The topological polar surface area (TPSA) is 58.6 Å². The highest BCUT2D eigenvalue weighted by molar-refractivity contribution is 6.18. The number of hydrogen-bond acceptors (Lipinski definition) is 4. The number of nitrogens with zero attached hydrogens (tertiary/aromatic N) is 1. The Morgan fingerprint density at radius 3 is 2.46 bits per heavy atom. The standard InChI is InChI=1S/C19H24N2O3/c1-14(22)20-13-17-12-18(19(23)24-17)15-6-8-16(9-7-15)21-10-4-2-3-5-11-21/h6-9,12,17H,2-5,10-11,13H2,1H3,(H,20,22). The second-order valence-corrected chi connectivity index (χ2v) is 6.41. The van der Waals surface area contributed by atoms with Crippen molar-refractivity contribution < 1.29 is 14.3 Å². The van der Waals surface area contributed by atoms with Gasteiger partial charge in [-0.05, 0) is 36.6 Å². The molecule has 2 aliphatic heterocycles. The van der Waals surface area contributed by atoms with Crippen LogP contribution in [-0.4, -0.2) is 37.6 Å². The molecule has 0 spiro atoms. The van der Waals surface area contributed by atoms with Crippen molar-refractivity contribution in [2.45, 2.75) is 38.7 Å². The number of carbonyl (C=O) groups is 2. The van der Waals surface area contributed by atoms with Crippen LogP contribution in [0.2, 0.25) is 0 Å². The number of ether oxygens (including phenoxy) is 1. The number of cyclic esters (lactones) is 1. The first kappa shape index (κ1) is 16.6. The van der Waals surface area contributed by atoms with Crippen LogP contribution in [0, 0.1) is 0 Å².